The molecule has 0 atom stereocenters. The zero-order valence-electron chi connectivity index (χ0n) is 7.01. The highest BCUT2D eigenvalue weighted by molar-refractivity contribution is 14.1. The van der Waals surface area contributed by atoms with E-state index in [9.17, 15) is 4.79 Å². The summed E-state index contributed by atoms with van der Waals surface area (Å²) in [5, 5.41) is 12.2. The van der Waals surface area contributed by atoms with E-state index in [-0.39, 0.29) is 5.56 Å². The molecule has 72 valence electrons. The summed E-state index contributed by atoms with van der Waals surface area (Å²) in [4.78, 5) is 13.4. The summed E-state index contributed by atoms with van der Waals surface area (Å²) < 4.78 is 0.564. The van der Waals surface area contributed by atoms with Crippen molar-refractivity contribution in [3.8, 4) is 0 Å². The topological polar surface area (TPSA) is 86.1 Å². The maximum absolute atomic E-state index is 10.7. The third-order valence-electron chi connectivity index (χ3n) is 1.62. The average molecular weight is 303 g/mol. The number of halogens is 1. The highest BCUT2D eigenvalue weighted by atomic mass is 127. The normalized spacial score (nSPS) is 9.21. The minimum absolute atomic E-state index is 0.247. The molecule has 0 saturated heterocycles. The van der Waals surface area contributed by atoms with Crippen LogP contribution in [-0.4, -0.2) is 11.1 Å². The van der Waals surface area contributed by atoms with E-state index in [0.29, 0.717) is 15.7 Å². The van der Waals surface area contributed by atoms with Crippen molar-refractivity contribution in [2.75, 3.05) is 0 Å². The van der Waals surface area contributed by atoms with Crippen molar-refractivity contribution >= 4 is 34.2 Å². The minimum atomic E-state index is -0.968. The molecular weight excluding hydrogens is 297 g/mol. The van der Waals surface area contributed by atoms with Gasteiger partial charge in [0.15, 0.2) is 0 Å². The van der Waals surface area contributed by atoms with Crippen molar-refractivity contribution in [3.63, 3.8) is 0 Å². The molecule has 0 aliphatic rings. The number of hydrogen-bond acceptors (Lipinski definition) is 2. The second-order valence-electron chi connectivity index (χ2n) is 2.47. The first kappa shape index (κ1) is 10.8. The standard InChI is InChI=1S/C8H6IN3O2/c9-4-5-3-6(11-12-10)1-2-7(5)8(13)14/h1-3H,4H2,(H,13,14). The summed E-state index contributed by atoms with van der Waals surface area (Å²) in [5.74, 6) is -0.968. The number of benzene rings is 1. The van der Waals surface area contributed by atoms with Crippen LogP contribution in [0.1, 0.15) is 15.9 Å². The van der Waals surface area contributed by atoms with Crippen LogP contribution in [0.2, 0.25) is 0 Å². The van der Waals surface area contributed by atoms with Gasteiger partial charge in [0.05, 0.1) is 5.56 Å². The summed E-state index contributed by atoms with van der Waals surface area (Å²) in [6.07, 6.45) is 0. The van der Waals surface area contributed by atoms with Crippen molar-refractivity contribution in [2.24, 2.45) is 5.11 Å². The lowest BCUT2D eigenvalue weighted by molar-refractivity contribution is 0.0696. The van der Waals surface area contributed by atoms with Crippen LogP contribution in [0.4, 0.5) is 5.69 Å². The van der Waals surface area contributed by atoms with E-state index in [1.165, 1.54) is 12.1 Å². The molecule has 0 unspecified atom stereocenters. The summed E-state index contributed by atoms with van der Waals surface area (Å²) in [5.41, 5.74) is 9.54. The molecule has 0 heterocycles. The molecule has 0 aliphatic heterocycles. The number of hydrogen-bond donors (Lipinski definition) is 1. The van der Waals surface area contributed by atoms with E-state index in [1.807, 2.05) is 0 Å². The molecule has 0 radical (unpaired) electrons. The predicted octanol–water partition coefficient (Wildman–Crippen LogP) is 3.26. The number of rotatable bonds is 3. The Balaban J connectivity index is 3.24. The highest BCUT2D eigenvalue weighted by Crippen LogP contribution is 2.20. The van der Waals surface area contributed by atoms with Gasteiger partial charge in [-0.3, -0.25) is 0 Å². The summed E-state index contributed by atoms with van der Waals surface area (Å²) in [7, 11) is 0. The molecule has 14 heavy (non-hydrogen) atoms. The molecule has 0 saturated carbocycles. The second-order valence-corrected chi connectivity index (χ2v) is 3.23. The van der Waals surface area contributed by atoms with Crippen molar-refractivity contribution in [1.29, 1.82) is 0 Å². The third-order valence-corrected chi connectivity index (χ3v) is 2.45. The first-order chi connectivity index (χ1) is 6.69. The molecule has 1 N–H and O–H groups in total. The quantitative estimate of drug-likeness (QED) is 0.305. The lowest BCUT2D eigenvalue weighted by Gasteiger charge is -2.02. The van der Waals surface area contributed by atoms with Crippen LogP contribution < -0.4 is 0 Å². The number of nitrogens with zero attached hydrogens (tertiary/aromatic N) is 3. The van der Waals surface area contributed by atoms with Gasteiger partial charge in [0, 0.05) is 15.0 Å². The number of azide groups is 1. The molecule has 1 aromatic carbocycles. The number of carboxylic acids is 1. The molecule has 1 rings (SSSR count). The van der Waals surface area contributed by atoms with E-state index in [1.54, 1.807) is 6.07 Å². The van der Waals surface area contributed by atoms with Crippen LogP contribution in [0.25, 0.3) is 10.4 Å². The van der Waals surface area contributed by atoms with Crippen LogP contribution in [0.15, 0.2) is 23.3 Å². The Labute approximate surface area is 93.5 Å². The van der Waals surface area contributed by atoms with Crippen LogP contribution in [0.3, 0.4) is 0 Å². The maximum Gasteiger partial charge on any atom is 0.335 e. The predicted molar refractivity (Wildman–Crippen MR) is 59.9 cm³/mol. The zero-order chi connectivity index (χ0) is 10.6. The van der Waals surface area contributed by atoms with Crippen LogP contribution in [0, 0.1) is 0 Å². The Kier molecular flexibility index (Phi) is 3.73. The lowest BCUT2D eigenvalue weighted by Crippen LogP contribution is -2.00. The van der Waals surface area contributed by atoms with Gasteiger partial charge in [-0.05, 0) is 23.2 Å². The van der Waals surface area contributed by atoms with E-state index >= 15 is 0 Å². The molecule has 0 fully saturated rings. The fourth-order valence-electron chi connectivity index (χ4n) is 1.01. The minimum Gasteiger partial charge on any atom is -0.478 e. The Morgan fingerprint density at radius 3 is 2.86 bits per heavy atom. The molecule has 0 spiro atoms. The number of alkyl halides is 1. The largest absolute Gasteiger partial charge is 0.478 e. The van der Waals surface area contributed by atoms with E-state index < -0.39 is 5.97 Å². The van der Waals surface area contributed by atoms with Gasteiger partial charge < -0.3 is 5.11 Å². The second kappa shape index (κ2) is 4.83. The molecule has 1 aromatic rings. The fraction of sp³-hybridized carbons (Fsp3) is 0.125. The van der Waals surface area contributed by atoms with Crippen molar-refractivity contribution < 1.29 is 9.90 Å². The average Bonchev–Trinajstić information content (AvgIpc) is 2.17. The summed E-state index contributed by atoms with van der Waals surface area (Å²) in [6.45, 7) is 0. The molecule has 5 nitrogen and oxygen atoms in total. The Morgan fingerprint density at radius 2 is 2.36 bits per heavy atom. The van der Waals surface area contributed by atoms with E-state index in [0.717, 1.165) is 0 Å². The van der Waals surface area contributed by atoms with Crippen LogP contribution >= 0.6 is 22.6 Å². The smallest absolute Gasteiger partial charge is 0.335 e. The van der Waals surface area contributed by atoms with Crippen LogP contribution in [-0.2, 0) is 4.43 Å². The highest BCUT2D eigenvalue weighted by Gasteiger charge is 2.08. The van der Waals surface area contributed by atoms with Gasteiger partial charge in [-0.15, -0.1) is 0 Å². The van der Waals surface area contributed by atoms with Gasteiger partial charge >= 0.3 is 5.97 Å². The van der Waals surface area contributed by atoms with E-state index in [2.05, 4.69) is 32.6 Å². The van der Waals surface area contributed by atoms with Gasteiger partial charge in [0.1, 0.15) is 0 Å². The molecule has 0 bridgehead atoms. The zero-order valence-corrected chi connectivity index (χ0v) is 9.17. The van der Waals surface area contributed by atoms with Crippen molar-refractivity contribution in [3.05, 3.63) is 39.8 Å². The maximum atomic E-state index is 10.7. The van der Waals surface area contributed by atoms with Crippen molar-refractivity contribution in [1.82, 2.24) is 0 Å². The lowest BCUT2D eigenvalue weighted by atomic mass is 10.1. The Hall–Kier alpha value is -1.27. The Bertz CT molecular complexity index is 413. The number of aromatic carboxylic acids is 1. The van der Waals surface area contributed by atoms with Crippen molar-refractivity contribution in [2.45, 2.75) is 4.43 Å². The first-order valence-corrected chi connectivity index (χ1v) is 5.19. The molecule has 0 aromatic heterocycles. The fourth-order valence-corrected chi connectivity index (χ4v) is 1.64. The summed E-state index contributed by atoms with van der Waals surface area (Å²) in [6, 6.07) is 4.51. The number of carboxylic acid groups (broad SMARTS) is 1. The first-order valence-electron chi connectivity index (χ1n) is 3.66. The van der Waals surface area contributed by atoms with Gasteiger partial charge in [-0.1, -0.05) is 33.8 Å². The summed E-state index contributed by atoms with van der Waals surface area (Å²) >= 11 is 2.06. The number of carbonyl (C=O) groups is 1. The SMILES string of the molecule is [N-]=[N+]=Nc1ccc(C(=O)O)c(CI)c1. The molecule has 0 aliphatic carbocycles. The van der Waals surface area contributed by atoms with Gasteiger partial charge in [-0.2, -0.15) is 0 Å². The van der Waals surface area contributed by atoms with Gasteiger partial charge in [0.2, 0.25) is 0 Å². The molecular formula is C8H6IN3O2. The molecule has 0 amide bonds. The van der Waals surface area contributed by atoms with Crippen LogP contribution in [0.5, 0.6) is 0 Å². The monoisotopic (exact) mass is 303 g/mol. The van der Waals surface area contributed by atoms with Gasteiger partial charge in [0.25, 0.3) is 0 Å². The van der Waals surface area contributed by atoms with E-state index in [4.69, 9.17) is 10.6 Å². The molecule has 6 heteroatoms. The van der Waals surface area contributed by atoms with Gasteiger partial charge in [-0.25, -0.2) is 4.79 Å². The third kappa shape index (κ3) is 2.36. The Morgan fingerprint density at radius 1 is 1.64 bits per heavy atom.